The lowest BCUT2D eigenvalue weighted by atomic mass is 10.1. The first-order valence-electron chi connectivity index (χ1n) is 4.80. The number of fused-ring (bicyclic) bond motifs is 1. The normalized spacial score (nSPS) is 10.6. The van der Waals surface area contributed by atoms with Crippen molar-refractivity contribution in [2.24, 2.45) is 0 Å². The number of rotatable bonds is 2. The second-order valence-electron chi connectivity index (χ2n) is 3.55. The van der Waals surface area contributed by atoms with Gasteiger partial charge in [-0.25, -0.2) is 9.78 Å². The maximum absolute atomic E-state index is 11.1. The van der Waals surface area contributed by atoms with Crippen LogP contribution in [0.5, 0.6) is 0 Å². The fourth-order valence-electron chi connectivity index (χ4n) is 1.59. The number of aromatic carboxylic acids is 1. The number of hydrogen-bond donors (Lipinski definition) is 1. The number of aromatic nitrogens is 1. The molecule has 0 aliphatic carbocycles. The Bertz CT molecular complexity index is 566. The highest BCUT2D eigenvalue weighted by molar-refractivity contribution is 7.98. The van der Waals surface area contributed by atoms with Crippen molar-refractivity contribution in [2.75, 3.05) is 6.26 Å². The summed E-state index contributed by atoms with van der Waals surface area (Å²) in [5.41, 5.74) is 2.20. The lowest BCUT2D eigenvalue weighted by molar-refractivity contribution is 0.0692. The van der Waals surface area contributed by atoms with Gasteiger partial charge in [0, 0.05) is 5.39 Å². The predicted molar refractivity (Wildman–Crippen MR) is 65.2 cm³/mol. The lowest BCUT2D eigenvalue weighted by Gasteiger charge is -2.05. The Morgan fingerprint density at radius 3 is 2.75 bits per heavy atom. The number of pyridine rings is 1. The first-order chi connectivity index (χ1) is 7.61. The summed E-state index contributed by atoms with van der Waals surface area (Å²) < 4.78 is 0. The Morgan fingerprint density at radius 1 is 1.38 bits per heavy atom. The first kappa shape index (κ1) is 11.0. The molecule has 0 aliphatic heterocycles. The van der Waals surface area contributed by atoms with Crippen molar-refractivity contribution in [3.8, 4) is 0 Å². The van der Waals surface area contributed by atoms with Gasteiger partial charge < -0.3 is 5.11 Å². The van der Waals surface area contributed by atoms with Gasteiger partial charge in [0.1, 0.15) is 5.03 Å². The highest BCUT2D eigenvalue weighted by Crippen LogP contribution is 2.23. The Balaban J connectivity index is 2.75. The molecule has 0 fully saturated rings. The van der Waals surface area contributed by atoms with Crippen LogP contribution < -0.4 is 0 Å². The molecule has 0 radical (unpaired) electrons. The standard InChI is InChI=1S/C12H11NO2S/c1-7-3-4-10-8(5-7)6-9(12(14)15)11(13-10)16-2/h3-6H,1-2H3,(H,14,15). The van der Waals surface area contributed by atoms with Crippen LogP contribution in [0, 0.1) is 6.92 Å². The van der Waals surface area contributed by atoms with Gasteiger partial charge in [-0.15, -0.1) is 11.8 Å². The van der Waals surface area contributed by atoms with E-state index in [-0.39, 0.29) is 5.56 Å². The molecule has 0 unspecified atom stereocenters. The summed E-state index contributed by atoms with van der Waals surface area (Å²) in [6, 6.07) is 7.51. The fourth-order valence-corrected chi connectivity index (χ4v) is 2.14. The molecule has 82 valence electrons. The molecule has 0 bridgehead atoms. The van der Waals surface area contributed by atoms with Crippen LogP contribution in [0.4, 0.5) is 0 Å². The summed E-state index contributed by atoms with van der Waals surface area (Å²) in [5.74, 6) is -0.930. The quantitative estimate of drug-likeness (QED) is 0.810. The maximum atomic E-state index is 11.1. The van der Waals surface area contributed by atoms with Crippen LogP contribution in [0.2, 0.25) is 0 Å². The number of nitrogens with zero attached hydrogens (tertiary/aromatic N) is 1. The average molecular weight is 233 g/mol. The van der Waals surface area contributed by atoms with Crippen LogP contribution >= 0.6 is 11.8 Å². The van der Waals surface area contributed by atoms with E-state index in [0.717, 1.165) is 16.5 Å². The molecule has 0 amide bonds. The highest BCUT2D eigenvalue weighted by atomic mass is 32.2. The minimum Gasteiger partial charge on any atom is -0.478 e. The zero-order valence-electron chi connectivity index (χ0n) is 9.02. The SMILES string of the molecule is CSc1nc2ccc(C)cc2cc1C(=O)O. The minimum atomic E-state index is -0.930. The summed E-state index contributed by atoms with van der Waals surface area (Å²) in [4.78, 5) is 15.4. The number of benzene rings is 1. The predicted octanol–water partition coefficient (Wildman–Crippen LogP) is 2.96. The number of carboxylic acids is 1. The molecule has 0 saturated carbocycles. The molecule has 0 saturated heterocycles. The summed E-state index contributed by atoms with van der Waals surface area (Å²) in [7, 11) is 0. The topological polar surface area (TPSA) is 50.2 Å². The van der Waals surface area contributed by atoms with Crippen LogP contribution in [-0.4, -0.2) is 22.3 Å². The molecule has 16 heavy (non-hydrogen) atoms. The van der Waals surface area contributed by atoms with Crippen molar-refractivity contribution in [1.29, 1.82) is 0 Å². The molecule has 0 aliphatic rings. The zero-order chi connectivity index (χ0) is 11.7. The Morgan fingerprint density at radius 2 is 2.12 bits per heavy atom. The summed E-state index contributed by atoms with van der Waals surface area (Å²) in [6.07, 6.45) is 1.83. The van der Waals surface area contributed by atoms with Crippen LogP contribution in [0.1, 0.15) is 15.9 Å². The molecule has 4 heteroatoms. The van der Waals surface area contributed by atoms with E-state index in [0.29, 0.717) is 5.03 Å². The molecule has 1 heterocycles. The number of carboxylic acid groups (broad SMARTS) is 1. The van der Waals surface area contributed by atoms with Crippen LogP contribution in [0.3, 0.4) is 0 Å². The van der Waals surface area contributed by atoms with Crippen LogP contribution in [-0.2, 0) is 0 Å². The number of thioether (sulfide) groups is 1. The minimum absolute atomic E-state index is 0.269. The highest BCUT2D eigenvalue weighted by Gasteiger charge is 2.12. The third-order valence-corrected chi connectivity index (χ3v) is 3.06. The van der Waals surface area contributed by atoms with E-state index in [1.807, 2.05) is 31.4 Å². The average Bonchev–Trinajstić information content (AvgIpc) is 2.27. The molecule has 2 aromatic rings. The third-order valence-electron chi connectivity index (χ3n) is 2.36. The van der Waals surface area contributed by atoms with Gasteiger partial charge in [-0.2, -0.15) is 0 Å². The van der Waals surface area contributed by atoms with Gasteiger partial charge in [0.2, 0.25) is 0 Å². The van der Waals surface area contributed by atoms with E-state index in [1.165, 1.54) is 11.8 Å². The van der Waals surface area contributed by atoms with Crippen LogP contribution in [0.25, 0.3) is 10.9 Å². The first-order valence-corrected chi connectivity index (χ1v) is 6.03. The van der Waals surface area contributed by atoms with Crippen molar-refractivity contribution in [2.45, 2.75) is 11.9 Å². The fraction of sp³-hybridized carbons (Fsp3) is 0.167. The number of aryl methyl sites for hydroxylation is 1. The lowest BCUT2D eigenvalue weighted by Crippen LogP contribution is -2.01. The van der Waals surface area contributed by atoms with E-state index >= 15 is 0 Å². The van der Waals surface area contributed by atoms with E-state index in [9.17, 15) is 4.79 Å². The van der Waals surface area contributed by atoms with Crippen molar-refractivity contribution >= 4 is 28.6 Å². The second kappa shape index (κ2) is 4.14. The summed E-state index contributed by atoms with van der Waals surface area (Å²) in [6.45, 7) is 1.97. The molecule has 1 aromatic carbocycles. The molecule has 1 aromatic heterocycles. The second-order valence-corrected chi connectivity index (χ2v) is 4.34. The molecule has 3 nitrogen and oxygen atoms in total. The van der Waals surface area contributed by atoms with Gasteiger partial charge in [0.15, 0.2) is 0 Å². The number of hydrogen-bond acceptors (Lipinski definition) is 3. The summed E-state index contributed by atoms with van der Waals surface area (Å²) >= 11 is 1.35. The molecular formula is C12H11NO2S. The van der Waals surface area contributed by atoms with Gasteiger partial charge in [-0.3, -0.25) is 0 Å². The Hall–Kier alpha value is -1.55. The van der Waals surface area contributed by atoms with Crippen molar-refractivity contribution in [3.63, 3.8) is 0 Å². The van der Waals surface area contributed by atoms with Crippen molar-refractivity contribution in [1.82, 2.24) is 4.98 Å². The van der Waals surface area contributed by atoms with Gasteiger partial charge >= 0.3 is 5.97 Å². The molecule has 2 rings (SSSR count). The monoisotopic (exact) mass is 233 g/mol. The number of carbonyl (C=O) groups is 1. The Kier molecular flexibility index (Phi) is 2.83. The molecule has 0 atom stereocenters. The van der Waals surface area contributed by atoms with Crippen molar-refractivity contribution in [3.05, 3.63) is 35.4 Å². The molecule has 0 spiro atoms. The maximum Gasteiger partial charge on any atom is 0.338 e. The van der Waals surface area contributed by atoms with Gasteiger partial charge in [0.25, 0.3) is 0 Å². The smallest absolute Gasteiger partial charge is 0.338 e. The van der Waals surface area contributed by atoms with E-state index in [4.69, 9.17) is 5.11 Å². The van der Waals surface area contributed by atoms with Gasteiger partial charge in [-0.1, -0.05) is 11.6 Å². The van der Waals surface area contributed by atoms with Crippen molar-refractivity contribution < 1.29 is 9.90 Å². The molecular weight excluding hydrogens is 222 g/mol. The largest absolute Gasteiger partial charge is 0.478 e. The molecule has 1 N–H and O–H groups in total. The van der Waals surface area contributed by atoms with Gasteiger partial charge in [0.05, 0.1) is 11.1 Å². The van der Waals surface area contributed by atoms with E-state index in [2.05, 4.69) is 4.98 Å². The van der Waals surface area contributed by atoms with E-state index < -0.39 is 5.97 Å². The van der Waals surface area contributed by atoms with Crippen LogP contribution in [0.15, 0.2) is 29.3 Å². The van der Waals surface area contributed by atoms with E-state index in [1.54, 1.807) is 6.07 Å². The Labute approximate surface area is 97.5 Å². The van der Waals surface area contributed by atoms with Gasteiger partial charge in [-0.05, 0) is 31.4 Å². The zero-order valence-corrected chi connectivity index (χ0v) is 9.84. The third kappa shape index (κ3) is 1.88. The summed E-state index contributed by atoms with van der Waals surface area (Å²) in [5, 5.41) is 10.5.